The van der Waals surface area contributed by atoms with Crippen molar-refractivity contribution in [1.82, 2.24) is 5.48 Å². The van der Waals surface area contributed by atoms with Crippen molar-refractivity contribution in [2.75, 3.05) is 7.11 Å². The molecule has 0 heterocycles. The van der Waals surface area contributed by atoms with Gasteiger partial charge in [-0.2, -0.15) is 0 Å². The zero-order chi connectivity index (χ0) is 10.4. The van der Waals surface area contributed by atoms with E-state index in [9.17, 15) is 0 Å². The first-order valence-electron chi connectivity index (χ1n) is 4.09. The molecular weight excluding hydrogens is 182 g/mol. The molecule has 1 rings (SSSR count). The minimum Gasteiger partial charge on any atom is -0.497 e. The lowest BCUT2D eigenvalue weighted by Gasteiger charge is -2.01. The number of hydrogen-bond acceptors (Lipinski definition) is 3. The van der Waals surface area contributed by atoms with Crippen LogP contribution in [0.2, 0.25) is 0 Å². The molecule has 0 aliphatic carbocycles. The van der Waals surface area contributed by atoms with Crippen LogP contribution in [0, 0.1) is 0 Å². The average Bonchev–Trinajstić information content (AvgIpc) is 2.26. The maximum atomic E-state index is 8.37. The van der Waals surface area contributed by atoms with Crippen molar-refractivity contribution < 1.29 is 9.94 Å². The Kier molecular flexibility index (Phi) is 3.75. The summed E-state index contributed by atoms with van der Waals surface area (Å²) >= 11 is 0. The van der Waals surface area contributed by atoms with Gasteiger partial charge in [-0.15, -0.1) is 0 Å². The molecule has 5 nitrogen and oxygen atoms in total. The fourth-order valence-corrected chi connectivity index (χ4v) is 0.943. The molecule has 5 heteroatoms. The average molecular weight is 195 g/mol. The standard InChI is InChI=1S/C9H13N3O2/c1-14-8-4-2-7(3-5-8)6-11-9(10)12-13/h2-5,13H,6H2,1H3,(H3,10,11,12). The summed E-state index contributed by atoms with van der Waals surface area (Å²) in [5, 5.41) is 8.37. The van der Waals surface area contributed by atoms with E-state index in [1.54, 1.807) is 12.6 Å². The summed E-state index contributed by atoms with van der Waals surface area (Å²) in [7, 11) is 1.61. The van der Waals surface area contributed by atoms with E-state index >= 15 is 0 Å². The van der Waals surface area contributed by atoms with Crippen molar-refractivity contribution in [3.05, 3.63) is 29.8 Å². The lowest BCUT2D eigenvalue weighted by molar-refractivity contribution is 0.232. The van der Waals surface area contributed by atoms with Gasteiger partial charge in [0.25, 0.3) is 0 Å². The van der Waals surface area contributed by atoms with E-state index in [4.69, 9.17) is 15.7 Å². The summed E-state index contributed by atoms with van der Waals surface area (Å²) in [6.07, 6.45) is 0. The van der Waals surface area contributed by atoms with Crippen LogP contribution >= 0.6 is 0 Å². The van der Waals surface area contributed by atoms with Crippen molar-refractivity contribution >= 4 is 5.96 Å². The van der Waals surface area contributed by atoms with Crippen molar-refractivity contribution in [3.63, 3.8) is 0 Å². The van der Waals surface area contributed by atoms with Gasteiger partial charge in [-0.05, 0) is 17.7 Å². The minimum atomic E-state index is 0.000757. The van der Waals surface area contributed by atoms with E-state index in [0.29, 0.717) is 6.54 Å². The van der Waals surface area contributed by atoms with E-state index < -0.39 is 0 Å². The highest BCUT2D eigenvalue weighted by atomic mass is 16.5. The highest BCUT2D eigenvalue weighted by Gasteiger charge is 1.93. The van der Waals surface area contributed by atoms with Gasteiger partial charge in [-0.1, -0.05) is 12.1 Å². The topological polar surface area (TPSA) is 79.9 Å². The third-order valence-electron chi connectivity index (χ3n) is 1.71. The zero-order valence-electron chi connectivity index (χ0n) is 7.90. The summed E-state index contributed by atoms with van der Waals surface area (Å²) in [5.74, 6) is 0.798. The summed E-state index contributed by atoms with van der Waals surface area (Å²) in [6, 6.07) is 7.45. The molecule has 0 unspecified atom stereocenters. The second-order valence-corrected chi connectivity index (χ2v) is 2.66. The Bertz CT molecular complexity index is 308. The van der Waals surface area contributed by atoms with Crippen LogP contribution in [0.25, 0.3) is 0 Å². The third-order valence-corrected chi connectivity index (χ3v) is 1.71. The lowest BCUT2D eigenvalue weighted by atomic mass is 10.2. The van der Waals surface area contributed by atoms with Gasteiger partial charge in [0.05, 0.1) is 13.7 Å². The van der Waals surface area contributed by atoms with Crippen LogP contribution in [0.15, 0.2) is 29.3 Å². The first-order chi connectivity index (χ1) is 6.76. The molecule has 0 atom stereocenters. The predicted molar refractivity (Wildman–Crippen MR) is 53.2 cm³/mol. The van der Waals surface area contributed by atoms with E-state index in [0.717, 1.165) is 11.3 Å². The normalized spacial score (nSPS) is 11.1. The molecule has 0 aromatic heterocycles. The maximum absolute atomic E-state index is 8.37. The number of nitrogens with one attached hydrogen (secondary N) is 1. The Labute approximate surface area is 82.2 Å². The van der Waals surface area contributed by atoms with Crippen LogP contribution in [0.4, 0.5) is 0 Å². The fourth-order valence-electron chi connectivity index (χ4n) is 0.943. The fraction of sp³-hybridized carbons (Fsp3) is 0.222. The quantitative estimate of drug-likeness (QED) is 0.372. The van der Waals surface area contributed by atoms with Gasteiger partial charge < -0.3 is 10.5 Å². The highest BCUT2D eigenvalue weighted by molar-refractivity contribution is 5.76. The Morgan fingerprint density at radius 2 is 2.14 bits per heavy atom. The van der Waals surface area contributed by atoms with Crippen molar-refractivity contribution in [1.29, 1.82) is 0 Å². The summed E-state index contributed by atoms with van der Waals surface area (Å²) in [6.45, 7) is 0.420. The zero-order valence-corrected chi connectivity index (χ0v) is 7.90. The van der Waals surface area contributed by atoms with Gasteiger partial charge in [-0.25, -0.2) is 10.5 Å². The van der Waals surface area contributed by atoms with Gasteiger partial charge in [0.15, 0.2) is 0 Å². The number of nitrogens with two attached hydrogens (primary N) is 1. The minimum absolute atomic E-state index is 0.000757. The SMILES string of the molecule is COc1ccc(CN=C(N)NO)cc1. The Hall–Kier alpha value is -1.75. The predicted octanol–water partition coefficient (Wildman–Crippen LogP) is 0.489. The largest absolute Gasteiger partial charge is 0.497 e. The molecule has 0 saturated heterocycles. The molecule has 0 spiro atoms. The molecule has 0 amide bonds. The van der Waals surface area contributed by atoms with Gasteiger partial charge in [0, 0.05) is 0 Å². The summed E-state index contributed by atoms with van der Waals surface area (Å²) < 4.78 is 5.00. The number of aliphatic imine (C=N–C) groups is 1. The van der Waals surface area contributed by atoms with Gasteiger partial charge in [0.2, 0.25) is 5.96 Å². The summed E-state index contributed by atoms with van der Waals surface area (Å²) in [5.41, 5.74) is 7.99. The number of methoxy groups -OCH3 is 1. The molecule has 1 aromatic carbocycles. The molecule has 0 fully saturated rings. The highest BCUT2D eigenvalue weighted by Crippen LogP contribution is 2.11. The van der Waals surface area contributed by atoms with E-state index in [-0.39, 0.29) is 5.96 Å². The molecule has 0 aliphatic rings. The lowest BCUT2D eigenvalue weighted by Crippen LogP contribution is -2.28. The number of guanidine groups is 1. The number of hydrogen-bond donors (Lipinski definition) is 3. The summed E-state index contributed by atoms with van der Waals surface area (Å²) in [4.78, 5) is 3.86. The molecular formula is C9H13N3O2. The number of nitrogens with zero attached hydrogens (tertiary/aromatic N) is 1. The second kappa shape index (κ2) is 5.08. The van der Waals surface area contributed by atoms with Crippen LogP contribution in [0.1, 0.15) is 5.56 Å². The Morgan fingerprint density at radius 3 is 2.64 bits per heavy atom. The number of rotatable bonds is 3. The molecule has 1 aromatic rings. The Morgan fingerprint density at radius 1 is 1.50 bits per heavy atom. The van der Waals surface area contributed by atoms with Gasteiger partial charge in [-0.3, -0.25) is 5.21 Å². The van der Waals surface area contributed by atoms with Crippen LogP contribution in [-0.2, 0) is 6.54 Å². The van der Waals surface area contributed by atoms with Crippen molar-refractivity contribution in [2.24, 2.45) is 10.7 Å². The number of benzene rings is 1. The second-order valence-electron chi connectivity index (χ2n) is 2.66. The number of hydroxylamine groups is 1. The van der Waals surface area contributed by atoms with Crippen LogP contribution in [0.5, 0.6) is 5.75 Å². The first kappa shape index (κ1) is 10.3. The molecule has 0 aliphatic heterocycles. The third kappa shape index (κ3) is 2.95. The first-order valence-corrected chi connectivity index (χ1v) is 4.09. The molecule has 4 N–H and O–H groups in total. The molecule has 76 valence electrons. The van der Waals surface area contributed by atoms with Gasteiger partial charge >= 0.3 is 0 Å². The van der Waals surface area contributed by atoms with Crippen molar-refractivity contribution in [3.8, 4) is 5.75 Å². The van der Waals surface area contributed by atoms with E-state index in [1.165, 1.54) is 0 Å². The molecule has 0 radical (unpaired) electrons. The van der Waals surface area contributed by atoms with E-state index in [1.807, 2.05) is 24.3 Å². The monoisotopic (exact) mass is 195 g/mol. The molecule has 0 saturated carbocycles. The Balaban J connectivity index is 2.60. The molecule has 0 bridgehead atoms. The van der Waals surface area contributed by atoms with Crippen LogP contribution < -0.4 is 16.0 Å². The van der Waals surface area contributed by atoms with Gasteiger partial charge in [0.1, 0.15) is 5.75 Å². The molecule has 14 heavy (non-hydrogen) atoms. The smallest absolute Gasteiger partial charge is 0.213 e. The van der Waals surface area contributed by atoms with E-state index in [2.05, 4.69) is 4.99 Å². The maximum Gasteiger partial charge on any atom is 0.213 e. The van der Waals surface area contributed by atoms with Crippen LogP contribution in [-0.4, -0.2) is 18.3 Å². The van der Waals surface area contributed by atoms with Crippen molar-refractivity contribution in [2.45, 2.75) is 6.54 Å². The van der Waals surface area contributed by atoms with Crippen LogP contribution in [0.3, 0.4) is 0 Å². The number of ether oxygens (including phenoxy) is 1.